The molecule has 0 aliphatic rings. The highest BCUT2D eigenvalue weighted by molar-refractivity contribution is 5.49. The van der Waals surface area contributed by atoms with Gasteiger partial charge in [-0.1, -0.05) is 6.07 Å². The lowest BCUT2D eigenvalue weighted by Gasteiger charge is -2.18. The van der Waals surface area contributed by atoms with Gasteiger partial charge in [-0.3, -0.25) is 9.97 Å². The van der Waals surface area contributed by atoms with Crippen LogP contribution in [0.4, 0.5) is 0 Å². The van der Waals surface area contributed by atoms with Crippen molar-refractivity contribution < 1.29 is 9.47 Å². The minimum Gasteiger partial charge on any atom is -0.496 e. The number of rotatable bonds is 4. The Morgan fingerprint density at radius 3 is 2.16 bits per heavy atom. The van der Waals surface area contributed by atoms with Crippen molar-refractivity contribution in [3.8, 4) is 11.5 Å². The standard InChI is InChI=1S/C14H17N3O2/c1-9-7-17-10(8-16-9)14(15)13-11(18-2)5-4-6-12(13)19-3/h4-8,14H,15H2,1-3H3. The smallest absolute Gasteiger partial charge is 0.127 e. The second-order valence-corrected chi connectivity index (χ2v) is 4.14. The molecular formula is C14H17N3O2. The van der Waals surface area contributed by atoms with E-state index in [0.29, 0.717) is 17.2 Å². The molecule has 0 spiro atoms. The van der Waals surface area contributed by atoms with E-state index in [0.717, 1.165) is 11.3 Å². The zero-order chi connectivity index (χ0) is 13.8. The normalized spacial score (nSPS) is 12.0. The molecule has 0 bridgehead atoms. The van der Waals surface area contributed by atoms with Gasteiger partial charge < -0.3 is 15.2 Å². The van der Waals surface area contributed by atoms with Crippen LogP contribution < -0.4 is 15.2 Å². The number of methoxy groups -OCH3 is 2. The molecule has 0 aliphatic carbocycles. The van der Waals surface area contributed by atoms with Gasteiger partial charge in [-0.05, 0) is 19.1 Å². The van der Waals surface area contributed by atoms with Gasteiger partial charge in [-0.15, -0.1) is 0 Å². The Morgan fingerprint density at radius 2 is 1.68 bits per heavy atom. The SMILES string of the molecule is COc1cccc(OC)c1C(N)c1cnc(C)cn1. The van der Waals surface area contributed by atoms with Crippen LogP contribution in [-0.2, 0) is 0 Å². The maximum absolute atomic E-state index is 6.26. The lowest BCUT2D eigenvalue weighted by molar-refractivity contribution is 0.382. The molecule has 19 heavy (non-hydrogen) atoms. The predicted molar refractivity (Wildman–Crippen MR) is 72.3 cm³/mol. The number of benzene rings is 1. The molecule has 100 valence electrons. The Hall–Kier alpha value is -2.14. The molecular weight excluding hydrogens is 242 g/mol. The van der Waals surface area contributed by atoms with E-state index >= 15 is 0 Å². The third-order valence-electron chi connectivity index (χ3n) is 2.90. The molecule has 2 rings (SSSR count). The summed E-state index contributed by atoms with van der Waals surface area (Å²) in [7, 11) is 3.21. The third-order valence-corrected chi connectivity index (χ3v) is 2.90. The van der Waals surface area contributed by atoms with Gasteiger partial charge in [0.15, 0.2) is 0 Å². The summed E-state index contributed by atoms with van der Waals surface area (Å²) in [4.78, 5) is 8.52. The van der Waals surface area contributed by atoms with Gasteiger partial charge in [0, 0.05) is 6.20 Å². The van der Waals surface area contributed by atoms with Crippen molar-refractivity contribution in [3.63, 3.8) is 0 Å². The summed E-state index contributed by atoms with van der Waals surface area (Å²) in [5.41, 5.74) is 8.55. The van der Waals surface area contributed by atoms with Gasteiger partial charge in [0.2, 0.25) is 0 Å². The summed E-state index contributed by atoms with van der Waals surface area (Å²) in [6, 6.07) is 5.10. The fraction of sp³-hybridized carbons (Fsp3) is 0.286. The minimum absolute atomic E-state index is 0.445. The van der Waals surface area contributed by atoms with Crippen LogP contribution in [0.25, 0.3) is 0 Å². The predicted octanol–water partition coefficient (Wildman–Crippen LogP) is 1.85. The number of nitrogens with two attached hydrogens (primary N) is 1. The first-order valence-electron chi connectivity index (χ1n) is 5.92. The van der Waals surface area contributed by atoms with E-state index in [4.69, 9.17) is 15.2 Å². The van der Waals surface area contributed by atoms with Crippen LogP contribution in [0, 0.1) is 6.92 Å². The van der Waals surface area contributed by atoms with Crippen LogP contribution >= 0.6 is 0 Å². The first-order chi connectivity index (χ1) is 9.17. The summed E-state index contributed by atoms with van der Waals surface area (Å²) in [5.74, 6) is 1.35. The molecule has 0 saturated carbocycles. The van der Waals surface area contributed by atoms with Crippen molar-refractivity contribution in [2.75, 3.05) is 14.2 Å². The molecule has 0 fully saturated rings. The minimum atomic E-state index is -0.445. The van der Waals surface area contributed by atoms with Crippen LogP contribution in [0.3, 0.4) is 0 Å². The molecule has 1 aromatic heterocycles. The van der Waals surface area contributed by atoms with Gasteiger partial charge in [0.1, 0.15) is 11.5 Å². The summed E-state index contributed by atoms with van der Waals surface area (Å²) in [6.07, 6.45) is 3.36. The Morgan fingerprint density at radius 1 is 1.05 bits per heavy atom. The molecule has 1 atom stereocenters. The van der Waals surface area contributed by atoms with E-state index in [-0.39, 0.29) is 0 Å². The number of hydrogen-bond acceptors (Lipinski definition) is 5. The number of nitrogens with zero attached hydrogens (tertiary/aromatic N) is 2. The highest BCUT2D eigenvalue weighted by atomic mass is 16.5. The van der Waals surface area contributed by atoms with E-state index in [2.05, 4.69) is 9.97 Å². The third kappa shape index (κ3) is 2.66. The molecule has 0 aliphatic heterocycles. The molecule has 2 N–H and O–H groups in total. The Kier molecular flexibility index (Phi) is 3.97. The topological polar surface area (TPSA) is 70.3 Å². The Labute approximate surface area is 112 Å². The highest BCUT2D eigenvalue weighted by Crippen LogP contribution is 2.35. The van der Waals surface area contributed by atoms with E-state index in [1.807, 2.05) is 25.1 Å². The number of ether oxygens (including phenoxy) is 2. The molecule has 1 unspecified atom stereocenters. The first-order valence-corrected chi connectivity index (χ1v) is 5.92. The molecule has 5 heteroatoms. The van der Waals surface area contributed by atoms with Crippen LogP contribution in [0.15, 0.2) is 30.6 Å². The van der Waals surface area contributed by atoms with Crippen LogP contribution in [0.1, 0.15) is 23.0 Å². The molecule has 1 heterocycles. The van der Waals surface area contributed by atoms with E-state index in [9.17, 15) is 0 Å². The number of aryl methyl sites for hydroxylation is 1. The largest absolute Gasteiger partial charge is 0.496 e. The lowest BCUT2D eigenvalue weighted by Crippen LogP contribution is -2.16. The van der Waals surface area contributed by atoms with Crippen molar-refractivity contribution in [2.45, 2.75) is 13.0 Å². The van der Waals surface area contributed by atoms with Gasteiger partial charge >= 0.3 is 0 Å². The molecule has 0 saturated heterocycles. The Bertz CT molecular complexity index is 533. The zero-order valence-corrected chi connectivity index (χ0v) is 11.3. The number of hydrogen-bond donors (Lipinski definition) is 1. The monoisotopic (exact) mass is 259 g/mol. The quantitative estimate of drug-likeness (QED) is 0.907. The van der Waals surface area contributed by atoms with Crippen LogP contribution in [0.5, 0.6) is 11.5 Å². The fourth-order valence-electron chi connectivity index (χ4n) is 1.90. The zero-order valence-electron chi connectivity index (χ0n) is 11.3. The fourth-order valence-corrected chi connectivity index (χ4v) is 1.90. The second kappa shape index (κ2) is 5.67. The van der Waals surface area contributed by atoms with Crippen molar-refractivity contribution in [2.24, 2.45) is 5.73 Å². The Balaban J connectivity index is 2.47. The molecule has 5 nitrogen and oxygen atoms in total. The lowest BCUT2D eigenvalue weighted by atomic mass is 10.0. The van der Waals surface area contributed by atoms with Gasteiger partial charge in [-0.2, -0.15) is 0 Å². The maximum Gasteiger partial charge on any atom is 0.127 e. The maximum atomic E-state index is 6.26. The van der Waals surface area contributed by atoms with Crippen molar-refractivity contribution in [3.05, 3.63) is 47.5 Å². The van der Waals surface area contributed by atoms with Crippen molar-refractivity contribution in [1.82, 2.24) is 9.97 Å². The molecule has 0 amide bonds. The van der Waals surface area contributed by atoms with Crippen molar-refractivity contribution in [1.29, 1.82) is 0 Å². The van der Waals surface area contributed by atoms with E-state index in [1.165, 1.54) is 0 Å². The van der Waals surface area contributed by atoms with E-state index < -0.39 is 6.04 Å². The average molecular weight is 259 g/mol. The van der Waals surface area contributed by atoms with Gasteiger partial charge in [0.05, 0.1) is 43.4 Å². The van der Waals surface area contributed by atoms with Gasteiger partial charge in [0.25, 0.3) is 0 Å². The number of aromatic nitrogens is 2. The molecule has 0 radical (unpaired) electrons. The van der Waals surface area contributed by atoms with E-state index in [1.54, 1.807) is 26.6 Å². The van der Waals surface area contributed by atoms with Gasteiger partial charge in [-0.25, -0.2) is 0 Å². The second-order valence-electron chi connectivity index (χ2n) is 4.14. The summed E-state index contributed by atoms with van der Waals surface area (Å²) in [5, 5.41) is 0. The summed E-state index contributed by atoms with van der Waals surface area (Å²) >= 11 is 0. The summed E-state index contributed by atoms with van der Waals surface area (Å²) in [6.45, 7) is 1.88. The van der Waals surface area contributed by atoms with Crippen molar-refractivity contribution >= 4 is 0 Å². The first kappa shape index (κ1) is 13.3. The molecule has 1 aromatic carbocycles. The van der Waals surface area contributed by atoms with Crippen LogP contribution in [0.2, 0.25) is 0 Å². The highest BCUT2D eigenvalue weighted by Gasteiger charge is 2.20. The van der Waals surface area contributed by atoms with Crippen LogP contribution in [-0.4, -0.2) is 24.2 Å². The summed E-state index contributed by atoms with van der Waals surface area (Å²) < 4.78 is 10.7. The molecule has 2 aromatic rings. The average Bonchev–Trinajstić information content (AvgIpc) is 2.46.